The van der Waals surface area contributed by atoms with Crippen molar-refractivity contribution in [3.63, 3.8) is 0 Å². The number of hydrogen-bond acceptors (Lipinski definition) is 15. The Kier molecular flexibility index (Phi) is 21.2. The number of anilines is 2. The van der Waals surface area contributed by atoms with Gasteiger partial charge in [-0.2, -0.15) is 15.3 Å². The third-order valence-electron chi connectivity index (χ3n) is 10.8. The Labute approximate surface area is 427 Å². The van der Waals surface area contributed by atoms with Gasteiger partial charge in [-0.1, -0.05) is 23.2 Å². The van der Waals surface area contributed by atoms with Gasteiger partial charge in [-0.25, -0.2) is 4.68 Å². The van der Waals surface area contributed by atoms with Crippen LogP contribution in [0.25, 0.3) is 32.7 Å². The van der Waals surface area contributed by atoms with E-state index in [0.717, 1.165) is 81.1 Å². The van der Waals surface area contributed by atoms with Crippen LogP contribution in [0.4, 0.5) is 11.4 Å². The van der Waals surface area contributed by atoms with Crippen LogP contribution in [0, 0.1) is 0 Å². The van der Waals surface area contributed by atoms with Crippen LogP contribution in [0.3, 0.4) is 0 Å². The molecule has 10 rings (SSSR count). The number of amides is 2. The van der Waals surface area contributed by atoms with E-state index < -0.39 is 5.97 Å². The summed E-state index contributed by atoms with van der Waals surface area (Å²) in [6.45, 7) is 6.89. The van der Waals surface area contributed by atoms with Crippen molar-refractivity contribution in [2.24, 2.45) is 0 Å². The highest BCUT2D eigenvalue weighted by Gasteiger charge is 2.24. The molecule has 7 N–H and O–H groups in total. The number of methoxy groups -OCH3 is 2. The molecule has 2 saturated heterocycles. The summed E-state index contributed by atoms with van der Waals surface area (Å²) in [6.07, 6.45) is 14.9. The number of piperazine rings is 2. The minimum absolute atomic E-state index is 0.00463. The molecule has 0 aliphatic carbocycles. The molecule has 72 heavy (non-hydrogen) atoms. The highest BCUT2D eigenvalue weighted by molar-refractivity contribution is 6.32. The summed E-state index contributed by atoms with van der Waals surface area (Å²) in [4.78, 5) is 45.2. The van der Waals surface area contributed by atoms with Crippen molar-refractivity contribution < 1.29 is 59.4 Å². The van der Waals surface area contributed by atoms with Gasteiger partial charge in [-0.05, 0) is 30.3 Å². The van der Waals surface area contributed by atoms with E-state index in [4.69, 9.17) is 69.9 Å². The number of rotatable bonds is 7. The van der Waals surface area contributed by atoms with Gasteiger partial charge in [0.05, 0.1) is 54.6 Å². The van der Waals surface area contributed by atoms with Crippen molar-refractivity contribution >= 4 is 96.7 Å². The molecule has 23 nitrogen and oxygen atoms in total. The second-order valence-corrected chi connectivity index (χ2v) is 16.5. The summed E-state index contributed by atoms with van der Waals surface area (Å²) >= 11 is 17.7. The lowest BCUT2D eigenvalue weighted by Gasteiger charge is -2.36. The van der Waals surface area contributed by atoms with Crippen LogP contribution in [-0.2, 0) is 20.9 Å². The smallest absolute Gasteiger partial charge is 0.300 e. The summed E-state index contributed by atoms with van der Waals surface area (Å²) in [5.74, 6) is 0.527. The first-order valence-electron chi connectivity index (χ1n) is 21.8. The van der Waals surface area contributed by atoms with Gasteiger partial charge in [-0.15, -0.1) is 11.6 Å². The normalized spacial score (nSPS) is 12.9. The molecule has 8 aromatic rings. The van der Waals surface area contributed by atoms with Crippen molar-refractivity contribution in [2.45, 2.75) is 13.5 Å². The summed E-state index contributed by atoms with van der Waals surface area (Å²) in [6, 6.07) is 16.9. The summed E-state index contributed by atoms with van der Waals surface area (Å²) in [5.41, 5.74) is 4.60. The summed E-state index contributed by atoms with van der Waals surface area (Å²) in [7, 11) is 3.20. The van der Waals surface area contributed by atoms with E-state index in [1.165, 1.54) is 6.20 Å². The minimum atomic E-state index is -0.833. The SMILES string of the molecule is CC(=O)O.COc1cc(N2CCN(C(=O)CCl)CC2)ccc1Cl.COc1cc(N2CCN(C(=O)Cn3ncc4cc[n+](O)cc43)CC2)ccc1Cl.OO.O[n+]1ccc2cn[nH]c2c1.c1cc2cn[nH]c2cn1. The number of carboxylic acid groups (broad SMARTS) is 1. The van der Waals surface area contributed by atoms with Gasteiger partial charge in [0.1, 0.15) is 35.0 Å². The molecule has 0 bridgehead atoms. The molecular weight excluding hydrogens is 1000 g/mol. The first kappa shape index (κ1) is 55.2. The molecule has 0 radical (unpaired) electrons. The van der Waals surface area contributed by atoms with E-state index in [2.05, 4.69) is 40.3 Å². The Bertz CT molecular complexity index is 2960. The van der Waals surface area contributed by atoms with Crippen LogP contribution in [-0.4, -0.2) is 161 Å². The maximum Gasteiger partial charge on any atom is 0.300 e. The third kappa shape index (κ3) is 15.7. The number of pyridine rings is 3. The van der Waals surface area contributed by atoms with Crippen LogP contribution < -0.4 is 28.7 Å². The van der Waals surface area contributed by atoms with Gasteiger partial charge in [0, 0.05) is 127 Å². The lowest BCUT2D eigenvalue weighted by molar-refractivity contribution is -0.904. The molecule has 382 valence electrons. The Morgan fingerprint density at radius 3 is 1.67 bits per heavy atom. The van der Waals surface area contributed by atoms with E-state index in [9.17, 15) is 14.8 Å². The molecule has 6 aromatic heterocycles. The largest absolute Gasteiger partial charge is 0.495 e. The molecule has 2 aliphatic rings. The summed E-state index contributed by atoms with van der Waals surface area (Å²) in [5, 5.41) is 59.5. The van der Waals surface area contributed by atoms with E-state index in [1.54, 1.807) is 85.5 Å². The van der Waals surface area contributed by atoms with Gasteiger partial charge in [0.15, 0.2) is 0 Å². The Morgan fingerprint density at radius 2 is 1.15 bits per heavy atom. The molecule has 26 heteroatoms. The maximum atomic E-state index is 12.7. The molecular formula is C46H54Cl3N13O10+2. The number of fused-ring (bicyclic) bond motifs is 3. The average Bonchev–Trinajstić information content (AvgIpc) is 4.18. The number of aliphatic carboxylic acids is 1. The first-order chi connectivity index (χ1) is 34.8. The molecule has 2 aliphatic heterocycles. The quantitative estimate of drug-likeness (QED) is 0.0365. The number of nitrogens with one attached hydrogen (secondary N) is 2. The second-order valence-electron chi connectivity index (χ2n) is 15.4. The van der Waals surface area contributed by atoms with E-state index in [-0.39, 0.29) is 24.2 Å². The number of aromatic nitrogens is 9. The zero-order chi connectivity index (χ0) is 52.2. The summed E-state index contributed by atoms with van der Waals surface area (Å²) < 4.78 is 14.1. The zero-order valence-electron chi connectivity index (χ0n) is 39.3. The number of benzene rings is 2. The van der Waals surface area contributed by atoms with Gasteiger partial charge in [0.25, 0.3) is 5.97 Å². The number of carbonyl (C=O) groups is 3. The Hall–Kier alpha value is -7.70. The molecule has 0 atom stereocenters. The second kappa shape index (κ2) is 27.6. The predicted octanol–water partition coefficient (Wildman–Crippen LogP) is 4.96. The van der Waals surface area contributed by atoms with Crippen molar-refractivity contribution in [1.82, 2.24) is 45.0 Å². The Morgan fingerprint density at radius 1 is 0.667 bits per heavy atom. The van der Waals surface area contributed by atoms with Crippen molar-refractivity contribution in [1.29, 1.82) is 0 Å². The first-order valence-corrected chi connectivity index (χ1v) is 23.1. The van der Waals surface area contributed by atoms with Gasteiger partial charge in [-0.3, -0.25) is 50.5 Å². The van der Waals surface area contributed by atoms with Gasteiger partial charge in [0.2, 0.25) is 36.6 Å². The molecule has 2 aromatic carbocycles. The average molecular weight is 1060 g/mol. The number of nitrogens with zero attached hydrogens (tertiary/aromatic N) is 11. The van der Waals surface area contributed by atoms with Crippen LogP contribution in [0.15, 0.2) is 110 Å². The fourth-order valence-electron chi connectivity index (χ4n) is 7.22. The number of carbonyl (C=O) groups excluding carboxylic acids is 2. The van der Waals surface area contributed by atoms with E-state index >= 15 is 0 Å². The number of ether oxygens (including phenoxy) is 2. The number of alkyl halides is 1. The monoisotopic (exact) mass is 1050 g/mol. The third-order valence-corrected chi connectivity index (χ3v) is 11.7. The van der Waals surface area contributed by atoms with Crippen molar-refractivity contribution in [2.75, 3.05) is 82.3 Å². The van der Waals surface area contributed by atoms with Gasteiger partial charge < -0.3 is 34.2 Å². The molecule has 2 fully saturated rings. The van der Waals surface area contributed by atoms with Crippen LogP contribution >= 0.6 is 34.8 Å². The zero-order valence-corrected chi connectivity index (χ0v) is 41.6. The van der Waals surface area contributed by atoms with Crippen molar-refractivity contribution in [3.05, 3.63) is 120 Å². The molecule has 2 amide bonds. The standard InChI is InChI=1S/C19H21ClN5O3.C13H16Cl2N2O2.C6H5N3O.C6H5N3.C2H4O2.H2O2/c1-28-18-10-15(2-3-16(18)20)22-6-8-23(9-7-22)19(26)13-25-17-12-24(27)5-4-14(17)11-21-25;1-19-12-8-10(2-3-11(12)15)16-4-6-17(7-5-16)13(18)9-14;10-9-2-1-5-3-7-8-6(5)4-9;1-2-7-4-6-5(1)3-8-9-6;1-2(3)4;1-2/h2-5,10-12,27H,6-9,13H2,1H3;2-3,8H,4-7,9H2,1H3;1-4,10H;1-4H,(H,8,9);1H3,(H,3,4);1-2H/q+1;;;;;/p+1. The molecule has 0 unspecified atom stereocenters. The van der Waals surface area contributed by atoms with Crippen molar-refractivity contribution in [3.8, 4) is 11.5 Å². The lowest BCUT2D eigenvalue weighted by Crippen LogP contribution is -2.49. The fourth-order valence-corrected chi connectivity index (χ4v) is 7.78. The number of aromatic amines is 2. The van der Waals surface area contributed by atoms with Crippen LogP contribution in [0.5, 0.6) is 11.5 Å². The lowest BCUT2D eigenvalue weighted by atomic mass is 10.2. The number of hydrogen-bond donors (Lipinski definition) is 7. The van der Waals surface area contributed by atoms with E-state index in [1.807, 2.05) is 47.4 Å². The number of H-pyrrole nitrogens is 2. The Balaban J connectivity index is 0.000000187. The fraction of sp³-hybridized carbons (Fsp3) is 0.283. The molecule has 0 spiro atoms. The highest BCUT2D eigenvalue weighted by atomic mass is 35.5. The minimum Gasteiger partial charge on any atom is -0.495 e. The number of carboxylic acids is 1. The van der Waals surface area contributed by atoms with Crippen LogP contribution in [0.2, 0.25) is 10.0 Å². The number of halogens is 3. The maximum absolute atomic E-state index is 12.7. The van der Waals surface area contributed by atoms with Crippen LogP contribution in [0.1, 0.15) is 6.92 Å². The topological polar surface area (TPSA) is 280 Å². The molecule has 0 saturated carbocycles. The predicted molar refractivity (Wildman–Crippen MR) is 267 cm³/mol. The molecule has 8 heterocycles. The highest BCUT2D eigenvalue weighted by Crippen LogP contribution is 2.31. The van der Waals surface area contributed by atoms with Gasteiger partial charge >= 0.3 is 0 Å². The van der Waals surface area contributed by atoms with E-state index in [0.29, 0.717) is 53.2 Å².